The molecule has 0 amide bonds. The number of aliphatic hydroxyl groups is 1. The van der Waals surface area contributed by atoms with Crippen molar-refractivity contribution in [3.05, 3.63) is 17.4 Å². The third-order valence-corrected chi connectivity index (χ3v) is 8.68. The second-order valence-electron chi connectivity index (χ2n) is 11.3. The smallest absolute Gasteiger partial charge is 0.219 e. The van der Waals surface area contributed by atoms with E-state index in [0.717, 1.165) is 81.6 Å². The Morgan fingerprint density at radius 1 is 1.14 bits per heavy atom. The van der Waals surface area contributed by atoms with Crippen molar-refractivity contribution in [3.8, 4) is 17.4 Å². The normalized spacial score (nSPS) is 25.6. The van der Waals surface area contributed by atoms with Crippen molar-refractivity contribution in [2.75, 3.05) is 45.3 Å². The zero-order valence-electron chi connectivity index (χ0n) is 20.8. The van der Waals surface area contributed by atoms with E-state index in [1.54, 1.807) is 0 Å². The Labute approximate surface area is 205 Å². The summed E-state index contributed by atoms with van der Waals surface area (Å²) in [4.78, 5) is 27.1. The number of aliphatic hydroxyl groups excluding tert-OH is 1. The predicted octanol–water partition coefficient (Wildman–Crippen LogP) is 2.75. The Morgan fingerprint density at radius 2 is 1.94 bits per heavy atom. The van der Waals surface area contributed by atoms with Crippen LogP contribution in [0.5, 0.6) is 5.88 Å². The largest absolute Gasteiger partial charge is 0.477 e. The molecule has 0 radical (unpaired) electrons. The first-order chi connectivity index (χ1) is 16.9. The lowest BCUT2D eigenvalue weighted by Crippen LogP contribution is -2.57. The summed E-state index contributed by atoms with van der Waals surface area (Å²) in [5.74, 6) is 2.83. The van der Waals surface area contributed by atoms with Gasteiger partial charge in [-0.1, -0.05) is 11.6 Å². The van der Waals surface area contributed by atoms with Gasteiger partial charge in [0.2, 0.25) is 5.88 Å². The molecule has 0 bridgehead atoms. The van der Waals surface area contributed by atoms with Gasteiger partial charge in [-0.05, 0) is 59.0 Å². The summed E-state index contributed by atoms with van der Waals surface area (Å²) in [7, 11) is 4.19. The van der Waals surface area contributed by atoms with E-state index in [2.05, 4.69) is 29.1 Å². The first-order valence-corrected chi connectivity index (χ1v) is 13.0. The molecule has 9 nitrogen and oxygen atoms in total. The first kappa shape index (κ1) is 22.9. The van der Waals surface area contributed by atoms with Crippen molar-refractivity contribution in [3.63, 3.8) is 0 Å². The van der Waals surface area contributed by atoms with Gasteiger partial charge in [0, 0.05) is 42.6 Å². The molecular weight excluding hydrogens is 446 g/mol. The molecule has 2 aromatic heterocycles. The van der Waals surface area contributed by atoms with Gasteiger partial charge in [-0.2, -0.15) is 4.98 Å². The number of carbonyl (C=O) groups excluding carboxylic acids is 1. The molecule has 2 saturated carbocycles. The second-order valence-corrected chi connectivity index (χ2v) is 11.3. The minimum Gasteiger partial charge on any atom is -0.477 e. The van der Waals surface area contributed by atoms with E-state index in [-0.39, 0.29) is 12.0 Å². The monoisotopic (exact) mass is 481 g/mol. The zero-order chi connectivity index (χ0) is 24.2. The van der Waals surface area contributed by atoms with Crippen LogP contribution < -0.4 is 9.64 Å². The number of ether oxygens (including phenoxy) is 1. The summed E-state index contributed by atoms with van der Waals surface area (Å²) in [6.07, 6.45) is 7.99. The molecule has 1 N–H and O–H groups in total. The lowest BCUT2D eigenvalue weighted by Gasteiger charge is -2.43. The average Bonchev–Trinajstić information content (AvgIpc) is 3.47. The molecule has 188 valence electrons. The van der Waals surface area contributed by atoms with Crippen LogP contribution in [0.1, 0.15) is 62.7 Å². The number of Topliss-reactive ketones (excluding diaryl/α,β-unsaturated/α-hetero) is 1. The van der Waals surface area contributed by atoms with Crippen molar-refractivity contribution in [2.45, 2.75) is 69.2 Å². The van der Waals surface area contributed by atoms with Gasteiger partial charge in [0.05, 0.1) is 18.6 Å². The number of aromatic nitrogens is 3. The molecule has 35 heavy (non-hydrogen) atoms. The summed E-state index contributed by atoms with van der Waals surface area (Å²) in [5, 5.41) is 14.2. The van der Waals surface area contributed by atoms with Crippen molar-refractivity contribution in [1.82, 2.24) is 20.0 Å². The molecule has 1 spiro atoms. The predicted molar refractivity (Wildman–Crippen MR) is 130 cm³/mol. The molecule has 1 saturated heterocycles. The fourth-order valence-electron chi connectivity index (χ4n) is 5.84. The minimum absolute atomic E-state index is 0.126. The number of rotatable bonds is 7. The number of carbonyl (C=O) groups is 1. The van der Waals surface area contributed by atoms with Gasteiger partial charge >= 0.3 is 0 Å². The summed E-state index contributed by atoms with van der Waals surface area (Å²) < 4.78 is 12.0. The molecule has 3 heterocycles. The van der Waals surface area contributed by atoms with Crippen molar-refractivity contribution in [2.24, 2.45) is 5.41 Å². The maximum atomic E-state index is 13.1. The minimum atomic E-state index is -0.524. The Bertz CT molecular complexity index is 1120. The number of anilines is 1. The lowest BCUT2D eigenvalue weighted by atomic mass is 9.64. The highest BCUT2D eigenvalue weighted by Crippen LogP contribution is 2.48. The highest BCUT2D eigenvalue weighted by atomic mass is 16.5. The molecule has 1 aliphatic heterocycles. The maximum absolute atomic E-state index is 13.1. The highest BCUT2D eigenvalue weighted by Gasteiger charge is 2.49. The van der Waals surface area contributed by atoms with E-state index in [4.69, 9.17) is 19.2 Å². The van der Waals surface area contributed by atoms with E-state index >= 15 is 0 Å². The first-order valence-electron chi connectivity index (χ1n) is 13.0. The van der Waals surface area contributed by atoms with Gasteiger partial charge in [-0.25, -0.2) is 4.98 Å². The summed E-state index contributed by atoms with van der Waals surface area (Å²) in [5.41, 5.74) is 0.957. The third kappa shape index (κ3) is 3.93. The van der Waals surface area contributed by atoms with Crippen LogP contribution in [0.2, 0.25) is 0 Å². The molecule has 6 rings (SSSR count). The van der Waals surface area contributed by atoms with Crippen LogP contribution in [0.15, 0.2) is 10.6 Å². The van der Waals surface area contributed by atoms with E-state index in [1.165, 1.54) is 0 Å². The molecular formula is C26H35N5O4. The number of nitrogens with zero attached hydrogens (tertiary/aromatic N) is 5. The highest BCUT2D eigenvalue weighted by molar-refractivity contribution is 5.91. The van der Waals surface area contributed by atoms with Gasteiger partial charge in [-0.15, -0.1) is 0 Å². The fraction of sp³-hybridized carbons (Fsp3) is 0.692. The van der Waals surface area contributed by atoms with Gasteiger partial charge in [0.25, 0.3) is 0 Å². The third-order valence-electron chi connectivity index (χ3n) is 8.68. The van der Waals surface area contributed by atoms with Crippen LogP contribution >= 0.6 is 0 Å². The molecule has 3 fully saturated rings. The van der Waals surface area contributed by atoms with E-state index < -0.39 is 5.41 Å². The van der Waals surface area contributed by atoms with Crippen molar-refractivity contribution < 1.29 is 19.2 Å². The Hall–Kier alpha value is -2.52. The summed E-state index contributed by atoms with van der Waals surface area (Å²) in [6.45, 7) is 2.34. The molecule has 2 aromatic rings. The standard InChI is InChI=1S/C26H35N5O4/c1-30(2)17-13-31(14-17)20-12-21(34-16-25(15-32)10-11-25)28-24(27-20)22-18-6-5-9-26(23(18)35-29-22)8-4-3-7-19(26)33/h12,17,32H,3-11,13-16H2,1-2H3/t26-/m1/s1. The topological polar surface area (TPSA) is 105 Å². The van der Waals surface area contributed by atoms with E-state index in [1.807, 2.05) is 6.07 Å². The number of hydrogen-bond acceptors (Lipinski definition) is 9. The number of fused-ring (bicyclic) bond motifs is 2. The molecule has 9 heteroatoms. The quantitative estimate of drug-likeness (QED) is 0.639. The number of likely N-dealkylation sites (N-methyl/N-ethyl adjacent to an activating group) is 1. The number of hydrogen-bond donors (Lipinski definition) is 1. The molecule has 0 aromatic carbocycles. The van der Waals surface area contributed by atoms with Crippen LogP contribution in [0.25, 0.3) is 11.5 Å². The van der Waals surface area contributed by atoms with Crippen LogP contribution in [-0.2, 0) is 16.6 Å². The molecule has 3 aliphatic carbocycles. The summed E-state index contributed by atoms with van der Waals surface area (Å²) >= 11 is 0. The van der Waals surface area contributed by atoms with Gasteiger partial charge in [0.1, 0.15) is 11.6 Å². The molecule has 1 atom stereocenters. The fourth-order valence-corrected chi connectivity index (χ4v) is 5.84. The Balaban J connectivity index is 1.35. The van der Waals surface area contributed by atoms with Gasteiger partial charge < -0.3 is 24.2 Å². The molecule has 4 aliphatic rings. The summed E-state index contributed by atoms with van der Waals surface area (Å²) in [6, 6.07) is 2.38. The molecule has 0 unspecified atom stereocenters. The lowest BCUT2D eigenvalue weighted by molar-refractivity contribution is -0.128. The Morgan fingerprint density at radius 3 is 2.66 bits per heavy atom. The van der Waals surface area contributed by atoms with Crippen LogP contribution in [0.3, 0.4) is 0 Å². The average molecular weight is 482 g/mol. The van der Waals surface area contributed by atoms with Crippen LogP contribution in [0, 0.1) is 5.41 Å². The van der Waals surface area contributed by atoms with Gasteiger partial charge in [0.15, 0.2) is 17.3 Å². The number of ketones is 1. The van der Waals surface area contributed by atoms with E-state index in [0.29, 0.717) is 42.3 Å². The van der Waals surface area contributed by atoms with Crippen molar-refractivity contribution >= 4 is 11.6 Å². The van der Waals surface area contributed by atoms with Gasteiger partial charge in [-0.3, -0.25) is 4.79 Å². The van der Waals surface area contributed by atoms with Crippen LogP contribution in [0.4, 0.5) is 5.82 Å². The van der Waals surface area contributed by atoms with Crippen LogP contribution in [-0.4, -0.2) is 77.4 Å². The van der Waals surface area contributed by atoms with Crippen molar-refractivity contribution in [1.29, 1.82) is 0 Å². The SMILES string of the molecule is CN(C)C1CN(c2cc(OCC3(CO)CC3)nc(-c3noc4c3CCC[C@@]43CCCCC3=O)n2)C1. The van der Waals surface area contributed by atoms with E-state index in [9.17, 15) is 9.90 Å². The second kappa shape index (κ2) is 8.55. The Kier molecular flexibility index (Phi) is 5.60. The zero-order valence-corrected chi connectivity index (χ0v) is 20.8. The maximum Gasteiger partial charge on any atom is 0.219 e.